The number of H-pyrrole nitrogens is 1. The van der Waals surface area contributed by atoms with E-state index in [0.29, 0.717) is 0 Å². The molecule has 6 heteroatoms. The summed E-state index contributed by atoms with van der Waals surface area (Å²) in [7, 11) is 0. The van der Waals surface area contributed by atoms with E-state index in [9.17, 15) is 10.1 Å². The molecule has 0 saturated carbocycles. The third kappa shape index (κ3) is 2.38. The summed E-state index contributed by atoms with van der Waals surface area (Å²) in [4.78, 5) is 17.5. The van der Waals surface area contributed by atoms with Gasteiger partial charge in [0.1, 0.15) is 5.82 Å². The molecule has 1 aromatic carbocycles. The molecule has 0 saturated heterocycles. The van der Waals surface area contributed by atoms with Gasteiger partial charge in [-0.25, -0.2) is 4.98 Å². The minimum atomic E-state index is -0.421. The monoisotopic (exact) mass is 246 g/mol. The largest absolute Gasteiger partial charge is 0.341 e. The molecule has 2 aromatic rings. The molecular formula is C12H14N4O2. The molecule has 2 rings (SSSR count). The molecule has 0 bridgehead atoms. The summed E-state index contributed by atoms with van der Waals surface area (Å²) in [5.74, 6) is 0.728. The second-order valence-corrected chi connectivity index (χ2v) is 4.00. The Kier molecular flexibility index (Phi) is 3.38. The van der Waals surface area contributed by atoms with E-state index in [0.717, 1.165) is 23.5 Å². The summed E-state index contributed by atoms with van der Waals surface area (Å²) < 4.78 is 0. The van der Waals surface area contributed by atoms with Crippen LogP contribution in [-0.4, -0.2) is 14.9 Å². The number of hydrogen-bond donors (Lipinski definition) is 2. The van der Waals surface area contributed by atoms with Crippen LogP contribution < -0.4 is 5.73 Å². The average Bonchev–Trinajstić information content (AvgIpc) is 2.87. The number of nitrogens with two attached hydrogens (primary N) is 1. The third-order valence-electron chi connectivity index (χ3n) is 2.78. The number of nitro benzene ring substituents is 1. The molecule has 0 aliphatic carbocycles. The van der Waals surface area contributed by atoms with Crippen molar-refractivity contribution in [2.45, 2.75) is 19.4 Å². The van der Waals surface area contributed by atoms with Crippen molar-refractivity contribution in [3.8, 4) is 11.3 Å². The van der Waals surface area contributed by atoms with E-state index in [-0.39, 0.29) is 11.7 Å². The van der Waals surface area contributed by atoms with Gasteiger partial charge in [0, 0.05) is 17.7 Å². The predicted octanol–water partition coefficient (Wildman–Crippen LogP) is 2.39. The van der Waals surface area contributed by atoms with Gasteiger partial charge < -0.3 is 10.7 Å². The first-order valence-electron chi connectivity index (χ1n) is 5.67. The average molecular weight is 246 g/mol. The molecule has 1 unspecified atom stereocenters. The SMILES string of the molecule is CCC(N)c1ncc(-c2ccc([N+](=O)[O-])cc2)[nH]1. The number of hydrogen-bond acceptors (Lipinski definition) is 4. The van der Waals surface area contributed by atoms with E-state index < -0.39 is 4.92 Å². The van der Waals surface area contributed by atoms with Crippen LogP contribution in [0, 0.1) is 10.1 Å². The van der Waals surface area contributed by atoms with Crippen LogP contribution in [0.15, 0.2) is 30.5 Å². The Labute approximate surface area is 104 Å². The van der Waals surface area contributed by atoms with Crippen LogP contribution in [0.2, 0.25) is 0 Å². The highest BCUT2D eigenvalue weighted by molar-refractivity contribution is 5.60. The zero-order chi connectivity index (χ0) is 13.1. The van der Waals surface area contributed by atoms with Crippen molar-refractivity contribution in [1.29, 1.82) is 0 Å². The summed E-state index contributed by atoms with van der Waals surface area (Å²) in [6.07, 6.45) is 2.49. The fraction of sp³-hybridized carbons (Fsp3) is 0.250. The summed E-state index contributed by atoms with van der Waals surface area (Å²) in [5.41, 5.74) is 7.60. The maximum absolute atomic E-state index is 10.5. The second kappa shape index (κ2) is 4.97. The number of nitrogens with zero attached hydrogens (tertiary/aromatic N) is 2. The van der Waals surface area contributed by atoms with Crippen LogP contribution in [0.3, 0.4) is 0 Å². The highest BCUT2D eigenvalue weighted by Crippen LogP contribution is 2.22. The Morgan fingerprint density at radius 2 is 2.11 bits per heavy atom. The van der Waals surface area contributed by atoms with E-state index in [1.165, 1.54) is 12.1 Å². The van der Waals surface area contributed by atoms with Crippen molar-refractivity contribution >= 4 is 5.69 Å². The van der Waals surface area contributed by atoms with Crippen LogP contribution in [0.5, 0.6) is 0 Å². The van der Waals surface area contributed by atoms with Gasteiger partial charge in [-0.2, -0.15) is 0 Å². The number of nitro groups is 1. The van der Waals surface area contributed by atoms with Crippen LogP contribution in [0.1, 0.15) is 25.2 Å². The van der Waals surface area contributed by atoms with Crippen molar-refractivity contribution in [1.82, 2.24) is 9.97 Å². The van der Waals surface area contributed by atoms with Crippen molar-refractivity contribution in [3.05, 3.63) is 46.4 Å². The van der Waals surface area contributed by atoms with E-state index in [4.69, 9.17) is 5.73 Å². The molecule has 0 spiro atoms. The minimum absolute atomic E-state index is 0.0729. The zero-order valence-electron chi connectivity index (χ0n) is 9.96. The van der Waals surface area contributed by atoms with Gasteiger partial charge in [-0.15, -0.1) is 0 Å². The minimum Gasteiger partial charge on any atom is -0.341 e. The molecule has 0 fully saturated rings. The number of aromatic amines is 1. The fourth-order valence-corrected chi connectivity index (χ4v) is 1.63. The van der Waals surface area contributed by atoms with E-state index in [1.807, 2.05) is 6.92 Å². The third-order valence-corrected chi connectivity index (χ3v) is 2.78. The standard InChI is InChI=1S/C12H14N4O2/c1-2-10(13)12-14-7-11(15-12)8-3-5-9(6-4-8)16(17)18/h3-7,10H,2,13H2,1H3,(H,14,15). The molecule has 0 amide bonds. The van der Waals surface area contributed by atoms with Crippen molar-refractivity contribution < 1.29 is 4.92 Å². The molecule has 0 radical (unpaired) electrons. The quantitative estimate of drug-likeness (QED) is 0.639. The lowest BCUT2D eigenvalue weighted by atomic mass is 10.1. The van der Waals surface area contributed by atoms with Crippen LogP contribution in [-0.2, 0) is 0 Å². The normalized spacial score (nSPS) is 12.3. The smallest absolute Gasteiger partial charge is 0.269 e. The Bertz CT molecular complexity index is 547. The lowest BCUT2D eigenvalue weighted by Crippen LogP contribution is -2.10. The number of imidazole rings is 1. The van der Waals surface area contributed by atoms with Gasteiger partial charge in [0.05, 0.1) is 22.9 Å². The van der Waals surface area contributed by atoms with Crippen LogP contribution >= 0.6 is 0 Å². The Morgan fingerprint density at radius 3 is 2.67 bits per heavy atom. The van der Waals surface area contributed by atoms with Gasteiger partial charge in [-0.1, -0.05) is 6.92 Å². The predicted molar refractivity (Wildman–Crippen MR) is 67.9 cm³/mol. The van der Waals surface area contributed by atoms with Gasteiger partial charge in [0.15, 0.2) is 0 Å². The van der Waals surface area contributed by atoms with Crippen molar-refractivity contribution in [2.24, 2.45) is 5.73 Å². The van der Waals surface area contributed by atoms with Crippen molar-refractivity contribution in [3.63, 3.8) is 0 Å². The molecule has 0 aliphatic rings. The van der Waals surface area contributed by atoms with E-state index >= 15 is 0 Å². The number of nitrogens with one attached hydrogen (secondary N) is 1. The highest BCUT2D eigenvalue weighted by Gasteiger charge is 2.10. The van der Waals surface area contributed by atoms with Gasteiger partial charge in [0.25, 0.3) is 5.69 Å². The number of benzene rings is 1. The molecule has 0 aliphatic heterocycles. The number of non-ortho nitro benzene ring substituents is 1. The second-order valence-electron chi connectivity index (χ2n) is 4.00. The fourth-order valence-electron chi connectivity index (χ4n) is 1.63. The zero-order valence-corrected chi connectivity index (χ0v) is 9.96. The summed E-state index contributed by atoms with van der Waals surface area (Å²) >= 11 is 0. The molecule has 94 valence electrons. The lowest BCUT2D eigenvalue weighted by Gasteiger charge is -2.03. The van der Waals surface area contributed by atoms with Gasteiger partial charge in [-0.3, -0.25) is 10.1 Å². The van der Waals surface area contributed by atoms with Crippen LogP contribution in [0.4, 0.5) is 5.69 Å². The van der Waals surface area contributed by atoms with Gasteiger partial charge >= 0.3 is 0 Å². The molecule has 1 heterocycles. The molecule has 1 aromatic heterocycles. The molecule has 3 N–H and O–H groups in total. The van der Waals surface area contributed by atoms with Gasteiger partial charge in [-0.05, 0) is 18.6 Å². The maximum Gasteiger partial charge on any atom is 0.269 e. The van der Waals surface area contributed by atoms with E-state index in [2.05, 4.69) is 9.97 Å². The lowest BCUT2D eigenvalue weighted by molar-refractivity contribution is -0.384. The topological polar surface area (TPSA) is 97.8 Å². The summed E-state index contributed by atoms with van der Waals surface area (Å²) in [5, 5.41) is 10.5. The Hall–Kier alpha value is -2.21. The molecule has 1 atom stereocenters. The summed E-state index contributed by atoms with van der Waals surface area (Å²) in [6.45, 7) is 1.98. The van der Waals surface area contributed by atoms with Crippen molar-refractivity contribution in [2.75, 3.05) is 0 Å². The first-order valence-corrected chi connectivity index (χ1v) is 5.67. The summed E-state index contributed by atoms with van der Waals surface area (Å²) in [6, 6.07) is 6.20. The van der Waals surface area contributed by atoms with Gasteiger partial charge in [0.2, 0.25) is 0 Å². The first kappa shape index (κ1) is 12.3. The Balaban J connectivity index is 2.26. The Morgan fingerprint density at radius 1 is 1.44 bits per heavy atom. The number of aromatic nitrogens is 2. The van der Waals surface area contributed by atoms with Crippen LogP contribution in [0.25, 0.3) is 11.3 Å². The molecular weight excluding hydrogens is 232 g/mol. The highest BCUT2D eigenvalue weighted by atomic mass is 16.6. The first-order chi connectivity index (χ1) is 8.61. The molecule has 18 heavy (non-hydrogen) atoms. The molecule has 6 nitrogen and oxygen atoms in total. The maximum atomic E-state index is 10.5. The number of rotatable bonds is 4. The van der Waals surface area contributed by atoms with E-state index in [1.54, 1.807) is 18.3 Å².